The molecule has 6 nitrogen and oxygen atoms in total. The van der Waals surface area contributed by atoms with Crippen molar-refractivity contribution in [2.24, 2.45) is 0 Å². The van der Waals surface area contributed by atoms with Gasteiger partial charge in [0, 0.05) is 19.1 Å². The number of nitrogens with one attached hydrogen (secondary N) is 1. The zero-order chi connectivity index (χ0) is 18.0. The number of hydrogen-bond donors (Lipinski definition) is 1. The van der Waals surface area contributed by atoms with E-state index in [0.717, 1.165) is 12.1 Å². The standard InChI is InChI=1S/C16H16F2N2O4S/c17-11-3-4-13(18)15(10-11)25(22,23)19-12-5-7-20(8-6-12)16(21)14-2-1-9-24-14/h1-4,9-10,12,19H,5-8H2. The summed E-state index contributed by atoms with van der Waals surface area (Å²) in [6.07, 6.45) is 2.13. The van der Waals surface area contributed by atoms with E-state index in [4.69, 9.17) is 4.42 Å². The maximum Gasteiger partial charge on any atom is 0.289 e. The maximum atomic E-state index is 13.7. The van der Waals surface area contributed by atoms with E-state index in [9.17, 15) is 22.0 Å². The summed E-state index contributed by atoms with van der Waals surface area (Å²) < 4.78 is 58.9. The van der Waals surface area contributed by atoms with Gasteiger partial charge in [-0.2, -0.15) is 0 Å². The van der Waals surface area contributed by atoms with Crippen LogP contribution in [0.5, 0.6) is 0 Å². The highest BCUT2D eigenvalue weighted by Gasteiger charge is 2.29. The van der Waals surface area contributed by atoms with Crippen molar-refractivity contribution in [3.8, 4) is 0 Å². The van der Waals surface area contributed by atoms with Gasteiger partial charge in [0.2, 0.25) is 10.0 Å². The quantitative estimate of drug-likeness (QED) is 0.894. The lowest BCUT2D eigenvalue weighted by atomic mass is 10.1. The van der Waals surface area contributed by atoms with Gasteiger partial charge in [-0.05, 0) is 43.2 Å². The Kier molecular flexibility index (Phi) is 4.87. The highest BCUT2D eigenvalue weighted by atomic mass is 32.2. The first-order valence-corrected chi connectivity index (χ1v) is 9.15. The van der Waals surface area contributed by atoms with Gasteiger partial charge in [-0.1, -0.05) is 0 Å². The summed E-state index contributed by atoms with van der Waals surface area (Å²) in [5.41, 5.74) is 0. The highest BCUT2D eigenvalue weighted by Crippen LogP contribution is 2.19. The fourth-order valence-electron chi connectivity index (χ4n) is 2.72. The van der Waals surface area contributed by atoms with Gasteiger partial charge in [-0.15, -0.1) is 0 Å². The van der Waals surface area contributed by atoms with Crippen molar-refractivity contribution in [2.45, 2.75) is 23.8 Å². The molecule has 2 aromatic rings. The van der Waals surface area contributed by atoms with Crippen molar-refractivity contribution in [2.75, 3.05) is 13.1 Å². The van der Waals surface area contributed by atoms with Crippen LogP contribution in [-0.2, 0) is 10.0 Å². The fourth-order valence-corrected chi connectivity index (χ4v) is 4.12. The first kappa shape index (κ1) is 17.6. The molecular weight excluding hydrogens is 354 g/mol. The lowest BCUT2D eigenvalue weighted by Crippen LogP contribution is -2.46. The zero-order valence-electron chi connectivity index (χ0n) is 13.1. The molecule has 0 spiro atoms. The van der Waals surface area contributed by atoms with Crippen LogP contribution in [0.25, 0.3) is 0 Å². The summed E-state index contributed by atoms with van der Waals surface area (Å²) in [5, 5.41) is 0. The first-order chi connectivity index (χ1) is 11.9. The molecule has 0 aliphatic carbocycles. The molecule has 1 fully saturated rings. The monoisotopic (exact) mass is 370 g/mol. The van der Waals surface area contributed by atoms with Gasteiger partial charge in [0.15, 0.2) is 5.76 Å². The number of furan rings is 1. The number of rotatable bonds is 4. The second-order valence-corrected chi connectivity index (χ2v) is 7.42. The minimum Gasteiger partial charge on any atom is -0.459 e. The normalized spacial score (nSPS) is 16.2. The molecule has 1 aliphatic rings. The Morgan fingerprint density at radius 2 is 1.92 bits per heavy atom. The average Bonchev–Trinajstić information content (AvgIpc) is 3.11. The summed E-state index contributed by atoms with van der Waals surface area (Å²) in [7, 11) is -4.18. The molecule has 134 valence electrons. The molecule has 0 saturated carbocycles. The number of amides is 1. The van der Waals surface area contributed by atoms with E-state index in [1.165, 1.54) is 6.26 Å². The van der Waals surface area contributed by atoms with Gasteiger partial charge < -0.3 is 9.32 Å². The number of carbonyl (C=O) groups is 1. The summed E-state index contributed by atoms with van der Waals surface area (Å²) >= 11 is 0. The van der Waals surface area contributed by atoms with Gasteiger partial charge >= 0.3 is 0 Å². The van der Waals surface area contributed by atoms with E-state index in [1.807, 2.05) is 0 Å². The molecule has 1 N–H and O–H groups in total. The van der Waals surface area contributed by atoms with Crippen LogP contribution in [0.15, 0.2) is 45.9 Å². The fraction of sp³-hybridized carbons (Fsp3) is 0.312. The Bertz CT molecular complexity index is 860. The highest BCUT2D eigenvalue weighted by molar-refractivity contribution is 7.89. The van der Waals surface area contributed by atoms with Crippen molar-refractivity contribution >= 4 is 15.9 Å². The van der Waals surface area contributed by atoms with Crippen molar-refractivity contribution in [1.82, 2.24) is 9.62 Å². The second kappa shape index (κ2) is 6.93. The van der Waals surface area contributed by atoms with E-state index in [0.29, 0.717) is 32.0 Å². The molecule has 0 unspecified atom stereocenters. The van der Waals surface area contributed by atoms with E-state index < -0.39 is 32.6 Å². The van der Waals surface area contributed by atoms with E-state index >= 15 is 0 Å². The van der Waals surface area contributed by atoms with E-state index in [2.05, 4.69) is 4.72 Å². The van der Waals surface area contributed by atoms with Crippen LogP contribution in [0, 0.1) is 11.6 Å². The first-order valence-electron chi connectivity index (χ1n) is 7.67. The van der Waals surface area contributed by atoms with Crippen molar-refractivity contribution in [3.05, 3.63) is 54.0 Å². The number of benzene rings is 1. The number of carbonyl (C=O) groups excluding carboxylic acids is 1. The molecule has 1 aromatic heterocycles. The Morgan fingerprint density at radius 1 is 1.20 bits per heavy atom. The Morgan fingerprint density at radius 3 is 2.56 bits per heavy atom. The number of sulfonamides is 1. The number of nitrogens with zero attached hydrogens (tertiary/aromatic N) is 1. The number of likely N-dealkylation sites (tertiary alicyclic amines) is 1. The lowest BCUT2D eigenvalue weighted by molar-refractivity contribution is 0.0679. The molecule has 25 heavy (non-hydrogen) atoms. The largest absolute Gasteiger partial charge is 0.459 e. The SMILES string of the molecule is O=C(c1ccco1)N1CCC(NS(=O)(=O)c2cc(F)ccc2F)CC1. The van der Waals surface area contributed by atoms with Gasteiger partial charge in [-0.3, -0.25) is 4.79 Å². The number of hydrogen-bond acceptors (Lipinski definition) is 4. The lowest BCUT2D eigenvalue weighted by Gasteiger charge is -2.31. The van der Waals surface area contributed by atoms with Crippen LogP contribution in [0.4, 0.5) is 8.78 Å². The summed E-state index contributed by atoms with van der Waals surface area (Å²) in [5.74, 6) is -1.89. The third kappa shape index (κ3) is 3.88. The van der Waals surface area contributed by atoms with Gasteiger partial charge in [0.1, 0.15) is 16.5 Å². The Hall–Kier alpha value is -2.26. The summed E-state index contributed by atoms with van der Waals surface area (Å²) in [6.45, 7) is 0.663. The predicted molar refractivity (Wildman–Crippen MR) is 84.3 cm³/mol. The van der Waals surface area contributed by atoms with Gasteiger partial charge in [-0.25, -0.2) is 21.9 Å². The molecule has 0 radical (unpaired) electrons. The maximum absolute atomic E-state index is 13.7. The third-order valence-electron chi connectivity index (χ3n) is 4.02. The molecule has 1 amide bonds. The van der Waals surface area contributed by atoms with E-state index in [-0.39, 0.29) is 11.7 Å². The Labute approximate surface area is 143 Å². The van der Waals surface area contributed by atoms with Crippen LogP contribution in [-0.4, -0.2) is 38.4 Å². The molecule has 0 atom stereocenters. The molecular formula is C16H16F2N2O4S. The van der Waals surface area contributed by atoms with Crippen molar-refractivity contribution < 1.29 is 26.4 Å². The molecule has 3 rings (SSSR count). The second-order valence-electron chi connectivity index (χ2n) is 5.74. The van der Waals surface area contributed by atoms with Crippen LogP contribution in [0.2, 0.25) is 0 Å². The van der Waals surface area contributed by atoms with Gasteiger partial charge in [0.05, 0.1) is 6.26 Å². The molecule has 1 aromatic carbocycles. The smallest absolute Gasteiger partial charge is 0.289 e. The number of halogens is 2. The van der Waals surface area contributed by atoms with E-state index in [1.54, 1.807) is 17.0 Å². The molecule has 9 heteroatoms. The average molecular weight is 370 g/mol. The van der Waals surface area contributed by atoms with Gasteiger partial charge in [0.25, 0.3) is 5.91 Å². The zero-order valence-corrected chi connectivity index (χ0v) is 13.9. The Balaban J connectivity index is 1.64. The van der Waals surface area contributed by atoms with Crippen LogP contribution in [0.1, 0.15) is 23.4 Å². The van der Waals surface area contributed by atoms with Crippen LogP contribution >= 0.6 is 0 Å². The van der Waals surface area contributed by atoms with Crippen molar-refractivity contribution in [3.63, 3.8) is 0 Å². The van der Waals surface area contributed by atoms with Crippen LogP contribution < -0.4 is 4.72 Å². The topological polar surface area (TPSA) is 79.6 Å². The minimum atomic E-state index is -4.18. The third-order valence-corrected chi connectivity index (χ3v) is 5.55. The molecule has 1 saturated heterocycles. The predicted octanol–water partition coefficient (Wildman–Crippen LogP) is 2.14. The van der Waals surface area contributed by atoms with Crippen LogP contribution in [0.3, 0.4) is 0 Å². The molecule has 0 bridgehead atoms. The molecule has 1 aliphatic heterocycles. The molecule has 2 heterocycles. The number of piperidine rings is 1. The summed E-state index contributed by atoms with van der Waals surface area (Å²) in [6, 6.07) is 4.98. The van der Waals surface area contributed by atoms with Crippen molar-refractivity contribution in [1.29, 1.82) is 0 Å². The minimum absolute atomic E-state index is 0.223. The summed E-state index contributed by atoms with van der Waals surface area (Å²) in [4.78, 5) is 13.0.